The van der Waals surface area contributed by atoms with E-state index in [2.05, 4.69) is 16.1 Å². The lowest BCUT2D eigenvalue weighted by Gasteiger charge is -2.18. The number of hydrogen-bond acceptors (Lipinski definition) is 3. The van der Waals surface area contributed by atoms with Crippen LogP contribution >= 0.6 is 0 Å². The molecule has 0 heterocycles. The SMILES string of the molecule is C#CCN(CC(=O)O)C(=O)NCCCCN(C)C. The summed E-state index contributed by atoms with van der Waals surface area (Å²) in [5.74, 6) is 1.19. The summed E-state index contributed by atoms with van der Waals surface area (Å²) in [4.78, 5) is 25.3. The molecule has 0 saturated carbocycles. The molecule has 6 nitrogen and oxygen atoms in total. The first-order chi connectivity index (χ1) is 8.47. The molecule has 0 saturated heterocycles. The van der Waals surface area contributed by atoms with E-state index in [9.17, 15) is 9.59 Å². The molecule has 0 aromatic heterocycles. The lowest BCUT2D eigenvalue weighted by atomic mass is 10.3. The van der Waals surface area contributed by atoms with Gasteiger partial charge >= 0.3 is 12.0 Å². The summed E-state index contributed by atoms with van der Waals surface area (Å²) in [7, 11) is 3.97. The first kappa shape index (κ1) is 16.3. The molecule has 2 N–H and O–H groups in total. The van der Waals surface area contributed by atoms with Gasteiger partial charge in [-0.2, -0.15) is 0 Å². The number of aliphatic carboxylic acids is 1. The molecule has 0 spiro atoms. The molecule has 0 aliphatic carbocycles. The maximum Gasteiger partial charge on any atom is 0.323 e. The molecule has 102 valence electrons. The molecule has 0 aliphatic heterocycles. The molecule has 0 bridgehead atoms. The van der Waals surface area contributed by atoms with Gasteiger partial charge in [-0.3, -0.25) is 4.79 Å². The number of terminal acetylenes is 1. The smallest absolute Gasteiger partial charge is 0.323 e. The number of hydrogen-bond donors (Lipinski definition) is 2. The van der Waals surface area contributed by atoms with Gasteiger partial charge in [-0.05, 0) is 33.5 Å². The standard InChI is InChI=1S/C12H21N3O3/c1-4-8-15(10-11(16)17)12(18)13-7-5-6-9-14(2)3/h1H,5-10H2,2-3H3,(H,13,18)(H,16,17). The number of amides is 2. The van der Waals surface area contributed by atoms with Crippen molar-refractivity contribution in [3.8, 4) is 12.3 Å². The normalized spacial score (nSPS) is 9.89. The van der Waals surface area contributed by atoms with Crippen LogP contribution < -0.4 is 5.32 Å². The molecule has 0 atom stereocenters. The van der Waals surface area contributed by atoms with Crippen LogP contribution in [0.15, 0.2) is 0 Å². The average molecular weight is 255 g/mol. The highest BCUT2D eigenvalue weighted by molar-refractivity contribution is 5.80. The zero-order valence-electron chi connectivity index (χ0n) is 11.0. The Kier molecular flexibility index (Phi) is 8.41. The number of rotatable bonds is 8. The Morgan fingerprint density at radius 3 is 2.50 bits per heavy atom. The molecule has 0 fully saturated rings. The maximum absolute atomic E-state index is 11.6. The van der Waals surface area contributed by atoms with Crippen molar-refractivity contribution in [3.05, 3.63) is 0 Å². The van der Waals surface area contributed by atoms with Crippen LogP contribution in [0.5, 0.6) is 0 Å². The van der Waals surface area contributed by atoms with Crippen LogP contribution in [0, 0.1) is 12.3 Å². The van der Waals surface area contributed by atoms with Crippen LogP contribution in [0.3, 0.4) is 0 Å². The van der Waals surface area contributed by atoms with Gasteiger partial charge in [0.2, 0.25) is 0 Å². The summed E-state index contributed by atoms with van der Waals surface area (Å²) in [5.41, 5.74) is 0. The minimum Gasteiger partial charge on any atom is -0.480 e. The second-order valence-corrected chi connectivity index (χ2v) is 4.20. The van der Waals surface area contributed by atoms with Crippen molar-refractivity contribution in [1.82, 2.24) is 15.1 Å². The summed E-state index contributed by atoms with van der Waals surface area (Å²) in [6.07, 6.45) is 6.90. The van der Waals surface area contributed by atoms with Crippen LogP contribution in [-0.2, 0) is 4.79 Å². The molecule has 0 unspecified atom stereocenters. The second kappa shape index (κ2) is 9.31. The second-order valence-electron chi connectivity index (χ2n) is 4.20. The number of nitrogens with zero attached hydrogens (tertiary/aromatic N) is 2. The molecule has 0 rings (SSSR count). The van der Waals surface area contributed by atoms with Gasteiger partial charge in [0.1, 0.15) is 6.54 Å². The Morgan fingerprint density at radius 2 is 2.00 bits per heavy atom. The van der Waals surface area contributed by atoms with E-state index in [1.54, 1.807) is 0 Å². The van der Waals surface area contributed by atoms with E-state index in [0.717, 1.165) is 24.3 Å². The molecule has 0 radical (unpaired) electrons. The lowest BCUT2D eigenvalue weighted by Crippen LogP contribution is -2.43. The molecule has 0 aliphatic rings. The van der Waals surface area contributed by atoms with E-state index >= 15 is 0 Å². The van der Waals surface area contributed by atoms with Crippen molar-refractivity contribution in [2.24, 2.45) is 0 Å². The predicted molar refractivity (Wildman–Crippen MR) is 69.2 cm³/mol. The van der Waals surface area contributed by atoms with E-state index in [1.807, 2.05) is 14.1 Å². The molecular formula is C12H21N3O3. The van der Waals surface area contributed by atoms with Crippen LogP contribution in [0.2, 0.25) is 0 Å². The summed E-state index contributed by atoms with van der Waals surface area (Å²) in [6.45, 7) is 1.09. The van der Waals surface area contributed by atoms with Crippen molar-refractivity contribution < 1.29 is 14.7 Å². The third-order valence-electron chi connectivity index (χ3n) is 2.20. The fourth-order valence-corrected chi connectivity index (χ4v) is 1.33. The van der Waals surface area contributed by atoms with Gasteiger partial charge < -0.3 is 20.2 Å². The summed E-state index contributed by atoms with van der Waals surface area (Å²) < 4.78 is 0. The monoisotopic (exact) mass is 255 g/mol. The summed E-state index contributed by atoms with van der Waals surface area (Å²) in [6, 6.07) is -0.430. The molecule has 6 heteroatoms. The van der Waals surface area contributed by atoms with Gasteiger partial charge in [0.15, 0.2) is 0 Å². The third kappa shape index (κ3) is 8.42. The van der Waals surface area contributed by atoms with Crippen molar-refractivity contribution in [1.29, 1.82) is 0 Å². The first-order valence-corrected chi connectivity index (χ1v) is 5.80. The Hall–Kier alpha value is -1.74. The van der Waals surface area contributed by atoms with Gasteiger partial charge in [0, 0.05) is 6.54 Å². The quantitative estimate of drug-likeness (QED) is 0.475. The van der Waals surface area contributed by atoms with Crippen molar-refractivity contribution in [2.45, 2.75) is 12.8 Å². The van der Waals surface area contributed by atoms with Crippen molar-refractivity contribution in [2.75, 3.05) is 40.3 Å². The van der Waals surface area contributed by atoms with Gasteiger partial charge in [0.05, 0.1) is 6.54 Å². The third-order valence-corrected chi connectivity index (χ3v) is 2.20. The van der Waals surface area contributed by atoms with Crippen LogP contribution in [0.25, 0.3) is 0 Å². The molecule has 18 heavy (non-hydrogen) atoms. The number of urea groups is 1. The maximum atomic E-state index is 11.6. The lowest BCUT2D eigenvalue weighted by molar-refractivity contribution is -0.137. The first-order valence-electron chi connectivity index (χ1n) is 5.80. The zero-order chi connectivity index (χ0) is 14.0. The minimum atomic E-state index is -1.08. The van der Waals surface area contributed by atoms with E-state index in [1.165, 1.54) is 0 Å². The fourth-order valence-electron chi connectivity index (χ4n) is 1.33. The van der Waals surface area contributed by atoms with Crippen LogP contribution in [0.4, 0.5) is 4.79 Å². The highest BCUT2D eigenvalue weighted by Gasteiger charge is 2.14. The largest absolute Gasteiger partial charge is 0.480 e. The Labute approximate surface area is 108 Å². The number of carbonyl (C=O) groups excluding carboxylic acids is 1. The van der Waals surface area contributed by atoms with E-state index < -0.39 is 12.0 Å². The van der Waals surface area contributed by atoms with Crippen molar-refractivity contribution >= 4 is 12.0 Å². The van der Waals surface area contributed by atoms with Gasteiger partial charge in [0.25, 0.3) is 0 Å². The van der Waals surface area contributed by atoms with Gasteiger partial charge in [-0.1, -0.05) is 5.92 Å². The van der Waals surface area contributed by atoms with Crippen molar-refractivity contribution in [3.63, 3.8) is 0 Å². The Balaban J connectivity index is 3.89. The summed E-state index contributed by atoms with van der Waals surface area (Å²) >= 11 is 0. The number of unbranched alkanes of at least 4 members (excludes halogenated alkanes) is 1. The van der Waals surface area contributed by atoms with E-state index in [-0.39, 0.29) is 13.1 Å². The molecular weight excluding hydrogens is 234 g/mol. The van der Waals surface area contributed by atoms with E-state index in [4.69, 9.17) is 11.5 Å². The molecule has 2 amide bonds. The minimum absolute atomic E-state index is 0.00414. The highest BCUT2D eigenvalue weighted by Crippen LogP contribution is 1.92. The highest BCUT2D eigenvalue weighted by atomic mass is 16.4. The molecule has 0 aromatic carbocycles. The van der Waals surface area contributed by atoms with Crippen LogP contribution in [0.1, 0.15) is 12.8 Å². The van der Waals surface area contributed by atoms with Gasteiger partial charge in [-0.15, -0.1) is 6.42 Å². The number of carbonyl (C=O) groups is 2. The topological polar surface area (TPSA) is 72.9 Å². The number of carboxylic acids is 1. The van der Waals surface area contributed by atoms with Gasteiger partial charge in [-0.25, -0.2) is 4.79 Å². The molecule has 0 aromatic rings. The average Bonchev–Trinajstić information content (AvgIpc) is 2.26. The predicted octanol–water partition coefficient (Wildman–Crippen LogP) is 0.0576. The zero-order valence-corrected chi connectivity index (χ0v) is 11.0. The van der Waals surface area contributed by atoms with Crippen LogP contribution in [-0.4, -0.2) is 67.2 Å². The summed E-state index contributed by atoms with van der Waals surface area (Å²) in [5, 5.41) is 11.3. The fraction of sp³-hybridized carbons (Fsp3) is 0.667. The number of nitrogens with one attached hydrogen (secondary N) is 1. The Morgan fingerprint density at radius 1 is 1.33 bits per heavy atom. The Bertz CT molecular complexity index is 310. The van der Waals surface area contributed by atoms with E-state index in [0.29, 0.717) is 6.54 Å². The number of carboxylic acid groups (broad SMARTS) is 1.